The molecule has 0 saturated carbocycles. The van der Waals surface area contributed by atoms with E-state index in [-0.39, 0.29) is 5.91 Å². The van der Waals surface area contributed by atoms with Gasteiger partial charge >= 0.3 is 0 Å². The Morgan fingerprint density at radius 2 is 1.75 bits per heavy atom. The number of halogens is 2. The Morgan fingerprint density at radius 3 is 2.50 bits per heavy atom. The van der Waals surface area contributed by atoms with Crippen LogP contribution in [0.3, 0.4) is 0 Å². The summed E-state index contributed by atoms with van der Waals surface area (Å²) in [6.45, 7) is 0.598. The molecule has 1 heterocycles. The lowest BCUT2D eigenvalue weighted by molar-refractivity contribution is -0.115. The van der Waals surface area contributed by atoms with Crippen molar-refractivity contribution in [2.75, 3.05) is 16.8 Å². The third-order valence-corrected chi connectivity index (χ3v) is 3.96. The maximum absolute atomic E-state index is 11.8. The van der Waals surface area contributed by atoms with E-state index in [1.807, 2.05) is 30.3 Å². The molecule has 0 unspecified atom stereocenters. The van der Waals surface area contributed by atoms with Gasteiger partial charge in [0, 0.05) is 18.7 Å². The number of hydrogen-bond acceptors (Lipinski definition) is 2. The van der Waals surface area contributed by atoms with Gasteiger partial charge in [0.25, 0.3) is 0 Å². The molecule has 1 N–H and O–H groups in total. The van der Waals surface area contributed by atoms with E-state index in [1.54, 1.807) is 12.1 Å². The topological polar surface area (TPSA) is 32.3 Å². The largest absolute Gasteiger partial charge is 0.339 e. The molecule has 0 spiro atoms. The molecule has 1 aliphatic heterocycles. The van der Waals surface area contributed by atoms with Crippen LogP contribution in [0.5, 0.6) is 0 Å². The van der Waals surface area contributed by atoms with Gasteiger partial charge in [-0.25, -0.2) is 0 Å². The van der Waals surface area contributed by atoms with Crippen LogP contribution < -0.4 is 10.2 Å². The SMILES string of the molecule is O=C1CCN(c2ccccc2)c2cc(Cl)c(Cl)cc2N1. The maximum atomic E-state index is 11.8. The fourth-order valence-electron chi connectivity index (χ4n) is 2.28. The highest BCUT2D eigenvalue weighted by molar-refractivity contribution is 6.42. The summed E-state index contributed by atoms with van der Waals surface area (Å²) in [5.74, 6) is -0.0249. The van der Waals surface area contributed by atoms with Crippen molar-refractivity contribution in [2.24, 2.45) is 0 Å². The molecule has 3 rings (SSSR count). The van der Waals surface area contributed by atoms with Crippen LogP contribution in [0.4, 0.5) is 17.1 Å². The number of nitrogens with one attached hydrogen (secondary N) is 1. The van der Waals surface area contributed by atoms with Gasteiger partial charge in [-0.05, 0) is 24.3 Å². The van der Waals surface area contributed by atoms with Gasteiger partial charge in [-0.2, -0.15) is 0 Å². The average molecular weight is 307 g/mol. The molecule has 0 aliphatic carbocycles. The highest BCUT2D eigenvalue weighted by atomic mass is 35.5. The highest BCUT2D eigenvalue weighted by Gasteiger charge is 2.21. The second-order valence-electron chi connectivity index (χ2n) is 4.57. The molecule has 2 aromatic rings. The van der Waals surface area contributed by atoms with Crippen molar-refractivity contribution in [1.82, 2.24) is 0 Å². The third-order valence-electron chi connectivity index (χ3n) is 3.23. The lowest BCUT2D eigenvalue weighted by Crippen LogP contribution is -2.18. The normalized spacial score (nSPS) is 14.5. The number of para-hydroxylation sites is 1. The summed E-state index contributed by atoms with van der Waals surface area (Å²) < 4.78 is 0. The molecule has 2 aromatic carbocycles. The summed E-state index contributed by atoms with van der Waals surface area (Å²) in [4.78, 5) is 13.9. The van der Waals surface area contributed by atoms with Crippen molar-refractivity contribution in [3.8, 4) is 0 Å². The number of carbonyl (C=O) groups is 1. The van der Waals surface area contributed by atoms with Crippen molar-refractivity contribution in [3.63, 3.8) is 0 Å². The molecule has 5 heteroatoms. The molecule has 0 fully saturated rings. The number of rotatable bonds is 1. The first kappa shape index (κ1) is 13.3. The predicted molar refractivity (Wildman–Crippen MR) is 83.2 cm³/mol. The zero-order valence-electron chi connectivity index (χ0n) is 10.6. The zero-order valence-corrected chi connectivity index (χ0v) is 12.1. The number of nitrogens with zero attached hydrogens (tertiary/aromatic N) is 1. The van der Waals surface area contributed by atoms with Crippen LogP contribution in [0.15, 0.2) is 42.5 Å². The minimum atomic E-state index is -0.0249. The summed E-state index contributed by atoms with van der Waals surface area (Å²) >= 11 is 12.2. The molecule has 20 heavy (non-hydrogen) atoms. The lowest BCUT2D eigenvalue weighted by atomic mass is 10.2. The van der Waals surface area contributed by atoms with Crippen LogP contribution in [0, 0.1) is 0 Å². The first-order valence-corrected chi connectivity index (χ1v) is 7.02. The number of hydrogen-bond donors (Lipinski definition) is 1. The number of anilines is 3. The van der Waals surface area contributed by atoms with E-state index in [0.717, 1.165) is 11.4 Å². The zero-order chi connectivity index (χ0) is 14.1. The van der Waals surface area contributed by atoms with E-state index < -0.39 is 0 Å². The molecular formula is C15H12Cl2N2O. The van der Waals surface area contributed by atoms with E-state index in [9.17, 15) is 4.79 Å². The van der Waals surface area contributed by atoms with Crippen LogP contribution >= 0.6 is 23.2 Å². The maximum Gasteiger partial charge on any atom is 0.226 e. The minimum Gasteiger partial charge on any atom is -0.339 e. The van der Waals surface area contributed by atoms with E-state index in [2.05, 4.69) is 10.2 Å². The molecule has 0 aromatic heterocycles. The van der Waals surface area contributed by atoms with Crippen LogP contribution in [0.1, 0.15) is 6.42 Å². The van der Waals surface area contributed by atoms with Crippen molar-refractivity contribution >= 4 is 46.2 Å². The Hall–Kier alpha value is -1.71. The van der Waals surface area contributed by atoms with E-state index in [4.69, 9.17) is 23.2 Å². The van der Waals surface area contributed by atoms with Crippen molar-refractivity contribution in [2.45, 2.75) is 6.42 Å². The highest BCUT2D eigenvalue weighted by Crippen LogP contribution is 2.39. The standard InChI is InChI=1S/C15H12Cl2N2O/c16-11-8-13-14(9-12(11)17)19(7-6-15(20)18-13)10-4-2-1-3-5-10/h1-5,8-9H,6-7H2,(H,18,20). The summed E-state index contributed by atoms with van der Waals surface area (Å²) in [5, 5.41) is 3.77. The predicted octanol–water partition coefficient (Wildman–Crippen LogP) is 4.47. The van der Waals surface area contributed by atoms with Crippen LogP contribution in [-0.2, 0) is 4.79 Å². The minimum absolute atomic E-state index is 0.0249. The van der Waals surface area contributed by atoms with Gasteiger partial charge in [0.1, 0.15) is 0 Å². The van der Waals surface area contributed by atoms with Gasteiger partial charge < -0.3 is 10.2 Å². The van der Waals surface area contributed by atoms with Gasteiger partial charge in [0.15, 0.2) is 0 Å². The summed E-state index contributed by atoms with van der Waals surface area (Å²) in [5.41, 5.74) is 2.56. The average Bonchev–Trinajstić information content (AvgIpc) is 2.59. The molecule has 3 nitrogen and oxygen atoms in total. The van der Waals surface area contributed by atoms with E-state index in [0.29, 0.717) is 28.7 Å². The van der Waals surface area contributed by atoms with Gasteiger partial charge in [-0.15, -0.1) is 0 Å². The van der Waals surface area contributed by atoms with E-state index in [1.165, 1.54) is 0 Å². The van der Waals surface area contributed by atoms with Crippen LogP contribution in [0.25, 0.3) is 0 Å². The van der Waals surface area contributed by atoms with Crippen LogP contribution in [-0.4, -0.2) is 12.5 Å². The summed E-state index contributed by atoms with van der Waals surface area (Å²) in [6, 6.07) is 13.4. The number of carbonyl (C=O) groups excluding carboxylic acids is 1. The van der Waals surface area contributed by atoms with E-state index >= 15 is 0 Å². The molecule has 1 aliphatic rings. The first-order chi connectivity index (χ1) is 9.65. The van der Waals surface area contributed by atoms with Gasteiger partial charge in [-0.3, -0.25) is 4.79 Å². The number of fused-ring (bicyclic) bond motifs is 1. The Kier molecular flexibility index (Phi) is 3.55. The fraction of sp³-hybridized carbons (Fsp3) is 0.133. The molecule has 0 bridgehead atoms. The van der Waals surface area contributed by atoms with Crippen LogP contribution in [0.2, 0.25) is 10.0 Å². The monoisotopic (exact) mass is 306 g/mol. The molecular weight excluding hydrogens is 295 g/mol. The third kappa shape index (κ3) is 2.47. The van der Waals surface area contributed by atoms with Gasteiger partial charge in [0.2, 0.25) is 5.91 Å². The first-order valence-electron chi connectivity index (χ1n) is 6.26. The Labute approximate surface area is 127 Å². The number of amides is 1. The smallest absolute Gasteiger partial charge is 0.226 e. The van der Waals surface area contributed by atoms with Gasteiger partial charge in [0.05, 0.1) is 21.4 Å². The van der Waals surface area contributed by atoms with Crippen molar-refractivity contribution in [1.29, 1.82) is 0 Å². The number of benzene rings is 2. The second-order valence-corrected chi connectivity index (χ2v) is 5.38. The van der Waals surface area contributed by atoms with Crippen molar-refractivity contribution < 1.29 is 4.79 Å². The second kappa shape index (κ2) is 5.35. The summed E-state index contributed by atoms with van der Waals surface area (Å²) in [6.07, 6.45) is 0.415. The quantitative estimate of drug-likeness (QED) is 0.843. The molecule has 0 radical (unpaired) electrons. The Bertz CT molecular complexity index is 658. The molecule has 102 valence electrons. The fourth-order valence-corrected chi connectivity index (χ4v) is 2.60. The molecule has 0 atom stereocenters. The lowest BCUT2D eigenvalue weighted by Gasteiger charge is -2.24. The molecule has 1 amide bonds. The Balaban J connectivity index is 2.14. The Morgan fingerprint density at radius 1 is 1.05 bits per heavy atom. The summed E-state index contributed by atoms with van der Waals surface area (Å²) in [7, 11) is 0. The van der Waals surface area contributed by atoms with Crippen molar-refractivity contribution in [3.05, 3.63) is 52.5 Å². The molecule has 0 saturated heterocycles. The van der Waals surface area contributed by atoms with Gasteiger partial charge in [-0.1, -0.05) is 41.4 Å².